The Hall–Kier alpha value is -3.42. The Labute approximate surface area is 170 Å². The summed E-state index contributed by atoms with van der Waals surface area (Å²) < 4.78 is 0. The number of rotatable bonds is 2. The van der Waals surface area contributed by atoms with E-state index in [0.29, 0.717) is 29.7 Å². The topological polar surface area (TPSA) is 90.4 Å². The number of likely N-dealkylation sites (tertiary alicyclic amines) is 1. The number of amides is 1. The minimum absolute atomic E-state index is 0.151. The molecule has 29 heavy (non-hydrogen) atoms. The Kier molecular flexibility index (Phi) is 5.41. The Bertz CT molecular complexity index is 935. The highest BCUT2D eigenvalue weighted by atomic mass is 16.2. The summed E-state index contributed by atoms with van der Waals surface area (Å²) in [6.45, 7) is 2.12. The summed E-state index contributed by atoms with van der Waals surface area (Å²) in [6.07, 6.45) is 5.14. The first kappa shape index (κ1) is 18.9. The van der Waals surface area contributed by atoms with Gasteiger partial charge in [-0.2, -0.15) is 4.99 Å². The number of hydrazine groups is 1. The molecule has 0 spiro atoms. The fourth-order valence-corrected chi connectivity index (χ4v) is 3.54. The van der Waals surface area contributed by atoms with E-state index < -0.39 is 0 Å². The van der Waals surface area contributed by atoms with Gasteiger partial charge in [0.05, 0.1) is 23.5 Å². The van der Waals surface area contributed by atoms with Gasteiger partial charge in [0.1, 0.15) is 0 Å². The van der Waals surface area contributed by atoms with Gasteiger partial charge in [0.15, 0.2) is 5.96 Å². The van der Waals surface area contributed by atoms with Gasteiger partial charge in [-0.1, -0.05) is 18.2 Å². The van der Waals surface area contributed by atoms with E-state index in [9.17, 15) is 4.79 Å². The van der Waals surface area contributed by atoms with Crippen LogP contribution in [0.25, 0.3) is 0 Å². The lowest BCUT2D eigenvalue weighted by Gasteiger charge is -2.32. The normalized spacial score (nSPS) is 17.7. The second-order valence-electron chi connectivity index (χ2n) is 7.15. The highest BCUT2D eigenvalue weighted by molar-refractivity contribution is 6.04. The van der Waals surface area contributed by atoms with Crippen LogP contribution in [-0.4, -0.2) is 57.9 Å². The van der Waals surface area contributed by atoms with Crippen molar-refractivity contribution in [1.82, 2.24) is 19.9 Å². The molecule has 0 atom stereocenters. The summed E-state index contributed by atoms with van der Waals surface area (Å²) in [6, 6.07) is 13.0. The number of carbonyl (C=O) groups excluding carboxylic acids is 1. The van der Waals surface area contributed by atoms with E-state index in [0.717, 1.165) is 31.6 Å². The Morgan fingerprint density at radius 3 is 2.62 bits per heavy atom. The van der Waals surface area contributed by atoms with Crippen molar-refractivity contribution in [3.63, 3.8) is 0 Å². The van der Waals surface area contributed by atoms with Crippen molar-refractivity contribution >= 4 is 23.5 Å². The number of pyridine rings is 1. The maximum absolute atomic E-state index is 13.1. The number of benzene rings is 1. The van der Waals surface area contributed by atoms with Crippen molar-refractivity contribution < 1.29 is 4.79 Å². The second kappa shape index (κ2) is 8.30. The molecule has 1 fully saturated rings. The van der Waals surface area contributed by atoms with Crippen molar-refractivity contribution in [2.75, 3.05) is 20.1 Å². The lowest BCUT2D eigenvalue weighted by atomic mass is 10.1. The van der Waals surface area contributed by atoms with Gasteiger partial charge in [0, 0.05) is 26.3 Å². The second-order valence-corrected chi connectivity index (χ2v) is 7.15. The molecular formula is C21H25N7O. The van der Waals surface area contributed by atoms with Gasteiger partial charge < -0.3 is 10.6 Å². The van der Waals surface area contributed by atoms with Gasteiger partial charge in [-0.05, 0) is 43.5 Å². The summed E-state index contributed by atoms with van der Waals surface area (Å²) in [7, 11) is 1.72. The summed E-state index contributed by atoms with van der Waals surface area (Å²) >= 11 is 0. The van der Waals surface area contributed by atoms with Crippen LogP contribution in [0.4, 0.5) is 5.69 Å². The maximum Gasteiger partial charge on any atom is 0.274 e. The van der Waals surface area contributed by atoms with Crippen LogP contribution in [0.2, 0.25) is 0 Å². The van der Waals surface area contributed by atoms with Crippen molar-refractivity contribution in [1.29, 1.82) is 0 Å². The Balaban J connectivity index is 1.75. The van der Waals surface area contributed by atoms with Crippen LogP contribution in [0.1, 0.15) is 35.3 Å². The van der Waals surface area contributed by atoms with E-state index in [1.807, 2.05) is 36.4 Å². The van der Waals surface area contributed by atoms with Crippen LogP contribution in [0.3, 0.4) is 0 Å². The van der Waals surface area contributed by atoms with E-state index in [1.165, 1.54) is 11.4 Å². The molecule has 2 aliphatic heterocycles. The lowest BCUT2D eigenvalue weighted by molar-refractivity contribution is 0.0388. The van der Waals surface area contributed by atoms with Crippen LogP contribution in [0.5, 0.6) is 0 Å². The fraction of sp³-hybridized carbons (Fsp3) is 0.333. The van der Waals surface area contributed by atoms with Gasteiger partial charge in [0.25, 0.3) is 5.91 Å². The molecule has 0 unspecified atom stereocenters. The highest BCUT2D eigenvalue weighted by Crippen LogP contribution is 2.26. The number of hydrogen-bond acceptors (Lipinski definition) is 5. The largest absolute Gasteiger partial charge is 0.369 e. The Morgan fingerprint density at radius 1 is 1.10 bits per heavy atom. The number of hydrogen-bond donors (Lipinski definition) is 1. The van der Waals surface area contributed by atoms with Gasteiger partial charge >= 0.3 is 0 Å². The number of piperidine rings is 1. The van der Waals surface area contributed by atoms with Crippen molar-refractivity contribution in [2.24, 2.45) is 15.7 Å². The molecule has 0 aliphatic carbocycles. The molecule has 0 bridgehead atoms. The summed E-state index contributed by atoms with van der Waals surface area (Å²) in [5.74, 6) is 0.649. The first-order valence-electron chi connectivity index (χ1n) is 9.86. The standard InChI is InChI=1S/C21H25N7O/c1-26-19(29)17-10-3-4-11-18(17)24-21(25-20(22)27-13-7-2-8-14-27)28(26)15-16-9-5-6-12-23-16/h3-6,9-12H,2,7-8,13-15H2,1H3,(H2,22,24,25). The molecule has 2 N–H and O–H groups in total. The lowest BCUT2D eigenvalue weighted by Crippen LogP contribution is -2.47. The van der Waals surface area contributed by atoms with Crippen LogP contribution in [0.15, 0.2) is 58.6 Å². The third-order valence-electron chi connectivity index (χ3n) is 5.17. The smallest absolute Gasteiger partial charge is 0.274 e. The average molecular weight is 391 g/mol. The molecule has 0 saturated carbocycles. The predicted octanol–water partition coefficient (Wildman–Crippen LogP) is 2.37. The van der Waals surface area contributed by atoms with Crippen LogP contribution >= 0.6 is 0 Å². The number of nitrogens with two attached hydrogens (primary N) is 1. The molecule has 1 aromatic heterocycles. The van der Waals surface area contributed by atoms with Gasteiger partial charge in [-0.15, -0.1) is 0 Å². The number of carbonyl (C=O) groups is 1. The van der Waals surface area contributed by atoms with E-state index in [2.05, 4.69) is 14.9 Å². The first-order valence-corrected chi connectivity index (χ1v) is 9.86. The van der Waals surface area contributed by atoms with E-state index in [4.69, 9.17) is 10.7 Å². The highest BCUT2D eigenvalue weighted by Gasteiger charge is 2.29. The SMILES string of the molecule is CN1C(=O)c2ccccc2N=C(/N=C(\N)N2CCCCC2)N1Cc1ccccn1. The van der Waals surface area contributed by atoms with E-state index >= 15 is 0 Å². The average Bonchev–Trinajstić information content (AvgIpc) is 2.86. The molecular weight excluding hydrogens is 366 g/mol. The van der Waals surface area contributed by atoms with Crippen LogP contribution in [0, 0.1) is 0 Å². The number of guanidine groups is 2. The summed E-state index contributed by atoms with van der Waals surface area (Å²) in [5, 5.41) is 3.26. The minimum atomic E-state index is -0.151. The molecule has 2 aromatic rings. The monoisotopic (exact) mass is 391 g/mol. The molecule has 150 valence electrons. The zero-order chi connectivity index (χ0) is 20.2. The third-order valence-corrected chi connectivity index (χ3v) is 5.17. The van der Waals surface area contributed by atoms with E-state index in [1.54, 1.807) is 24.3 Å². The molecule has 1 aromatic carbocycles. The zero-order valence-electron chi connectivity index (χ0n) is 16.5. The van der Waals surface area contributed by atoms with E-state index in [-0.39, 0.29) is 5.91 Å². The number of nitrogens with zero attached hydrogens (tertiary/aromatic N) is 6. The molecule has 2 aliphatic rings. The van der Waals surface area contributed by atoms with Crippen molar-refractivity contribution in [2.45, 2.75) is 25.8 Å². The summed E-state index contributed by atoms with van der Waals surface area (Å²) in [4.78, 5) is 28.9. The minimum Gasteiger partial charge on any atom is -0.369 e. The van der Waals surface area contributed by atoms with Crippen LogP contribution in [-0.2, 0) is 6.54 Å². The maximum atomic E-state index is 13.1. The number of para-hydroxylation sites is 1. The molecule has 1 saturated heterocycles. The van der Waals surface area contributed by atoms with Crippen molar-refractivity contribution in [3.05, 3.63) is 59.9 Å². The fourth-order valence-electron chi connectivity index (χ4n) is 3.54. The molecule has 3 heterocycles. The van der Waals surface area contributed by atoms with Crippen LogP contribution < -0.4 is 5.73 Å². The molecule has 8 nitrogen and oxygen atoms in total. The predicted molar refractivity (Wildman–Crippen MR) is 112 cm³/mol. The first-order chi connectivity index (χ1) is 14.1. The van der Waals surface area contributed by atoms with Gasteiger partial charge in [-0.3, -0.25) is 9.78 Å². The molecule has 1 amide bonds. The number of aromatic nitrogens is 1. The number of fused-ring (bicyclic) bond motifs is 1. The molecule has 8 heteroatoms. The molecule has 0 radical (unpaired) electrons. The molecule has 4 rings (SSSR count). The Morgan fingerprint density at radius 2 is 1.86 bits per heavy atom. The quantitative estimate of drug-likeness (QED) is 0.627. The number of aliphatic imine (C=N–C) groups is 2. The van der Waals surface area contributed by atoms with Crippen molar-refractivity contribution in [3.8, 4) is 0 Å². The third kappa shape index (κ3) is 4.06. The zero-order valence-corrected chi connectivity index (χ0v) is 16.5. The van der Waals surface area contributed by atoms with Gasteiger partial charge in [0.2, 0.25) is 5.96 Å². The summed E-state index contributed by atoms with van der Waals surface area (Å²) in [5.41, 5.74) is 8.25. The van der Waals surface area contributed by atoms with Gasteiger partial charge in [-0.25, -0.2) is 15.0 Å².